The first-order chi connectivity index (χ1) is 11.7. The fourth-order valence-corrected chi connectivity index (χ4v) is 3.56. The Labute approximate surface area is 142 Å². The molecule has 126 valence electrons. The maximum atomic E-state index is 5.90. The molecule has 6 nitrogen and oxygen atoms in total. The molecular formula is C18H24N6. The zero-order chi connectivity index (χ0) is 16.5. The zero-order valence-corrected chi connectivity index (χ0v) is 14.0. The van der Waals surface area contributed by atoms with Crippen LogP contribution < -0.4 is 21.3 Å². The summed E-state index contributed by atoms with van der Waals surface area (Å²) in [7, 11) is 1.99. The first-order valence-corrected chi connectivity index (χ1v) is 8.57. The molecule has 0 unspecified atom stereocenters. The molecule has 4 N–H and O–H groups in total. The second-order valence-corrected chi connectivity index (χ2v) is 6.72. The summed E-state index contributed by atoms with van der Waals surface area (Å²) in [5, 5.41) is 6.89. The summed E-state index contributed by atoms with van der Waals surface area (Å²) in [4.78, 5) is 11.0. The van der Waals surface area contributed by atoms with Crippen molar-refractivity contribution in [1.29, 1.82) is 0 Å². The minimum Gasteiger partial charge on any atom is -0.368 e. The molecule has 0 saturated carbocycles. The molecule has 0 atom stereocenters. The average Bonchev–Trinajstić information content (AvgIpc) is 2.94. The van der Waals surface area contributed by atoms with Gasteiger partial charge in [-0.2, -0.15) is 4.98 Å². The number of fused-ring (bicyclic) bond motifs is 1. The molecule has 4 rings (SSSR count). The number of nitrogens with one attached hydrogen (secondary N) is 2. The molecule has 0 amide bonds. The molecule has 2 aromatic rings. The van der Waals surface area contributed by atoms with Gasteiger partial charge in [-0.3, -0.25) is 0 Å². The van der Waals surface area contributed by atoms with Crippen LogP contribution in [0, 0.1) is 0 Å². The van der Waals surface area contributed by atoms with Gasteiger partial charge >= 0.3 is 0 Å². The van der Waals surface area contributed by atoms with E-state index in [1.807, 2.05) is 7.05 Å². The van der Waals surface area contributed by atoms with Gasteiger partial charge in [-0.1, -0.05) is 24.3 Å². The lowest BCUT2D eigenvalue weighted by molar-refractivity contribution is 0.446. The lowest BCUT2D eigenvalue weighted by atomic mass is 10.1. The third-order valence-corrected chi connectivity index (χ3v) is 5.02. The second kappa shape index (κ2) is 6.37. The number of likely N-dealkylation sites (N-methyl/N-ethyl adjacent to an activating group) is 1. The molecule has 0 radical (unpaired) electrons. The van der Waals surface area contributed by atoms with Crippen molar-refractivity contribution in [1.82, 2.24) is 20.6 Å². The van der Waals surface area contributed by atoms with Crippen molar-refractivity contribution in [3.8, 4) is 0 Å². The Bertz CT molecular complexity index is 700. The first-order valence-electron chi connectivity index (χ1n) is 8.57. The van der Waals surface area contributed by atoms with Gasteiger partial charge in [-0.05, 0) is 31.0 Å². The van der Waals surface area contributed by atoms with Gasteiger partial charge in [0.1, 0.15) is 5.82 Å². The fraction of sp³-hybridized carbons (Fsp3) is 0.444. The molecule has 6 heteroatoms. The molecule has 2 aliphatic rings. The predicted molar refractivity (Wildman–Crippen MR) is 96.0 cm³/mol. The number of hydrogen-bond donors (Lipinski definition) is 3. The van der Waals surface area contributed by atoms with Gasteiger partial charge in [-0.25, -0.2) is 4.98 Å². The summed E-state index contributed by atoms with van der Waals surface area (Å²) in [5.41, 5.74) is 9.77. The Balaban J connectivity index is 1.38. The van der Waals surface area contributed by atoms with E-state index in [0.717, 1.165) is 44.0 Å². The molecule has 1 aromatic carbocycles. The van der Waals surface area contributed by atoms with E-state index in [0.29, 0.717) is 18.0 Å². The largest absolute Gasteiger partial charge is 0.368 e. The van der Waals surface area contributed by atoms with E-state index in [1.54, 1.807) is 0 Å². The van der Waals surface area contributed by atoms with E-state index in [4.69, 9.17) is 5.73 Å². The van der Waals surface area contributed by atoms with E-state index in [1.165, 1.54) is 11.1 Å². The minimum atomic E-state index is 0.354. The van der Waals surface area contributed by atoms with Crippen molar-refractivity contribution in [3.05, 3.63) is 47.2 Å². The Morgan fingerprint density at radius 3 is 2.50 bits per heavy atom. The van der Waals surface area contributed by atoms with Gasteiger partial charge in [0.05, 0.1) is 5.69 Å². The Morgan fingerprint density at radius 2 is 1.83 bits per heavy atom. The van der Waals surface area contributed by atoms with Gasteiger partial charge in [0.2, 0.25) is 5.95 Å². The van der Waals surface area contributed by atoms with Crippen LogP contribution in [0.1, 0.15) is 16.8 Å². The second-order valence-electron chi connectivity index (χ2n) is 6.72. The smallest absolute Gasteiger partial charge is 0.222 e. The number of nitrogen functional groups attached to an aromatic ring is 1. The molecule has 24 heavy (non-hydrogen) atoms. The van der Waals surface area contributed by atoms with Crippen molar-refractivity contribution >= 4 is 11.8 Å². The van der Waals surface area contributed by atoms with Crippen LogP contribution in [-0.2, 0) is 19.4 Å². The van der Waals surface area contributed by atoms with Crippen LogP contribution in [0.4, 0.5) is 11.8 Å². The van der Waals surface area contributed by atoms with Crippen molar-refractivity contribution in [3.63, 3.8) is 0 Å². The quantitative estimate of drug-likeness (QED) is 0.752. The van der Waals surface area contributed by atoms with Crippen molar-refractivity contribution in [2.24, 2.45) is 0 Å². The molecule has 1 fully saturated rings. The normalized spacial score (nSPS) is 17.8. The molecular weight excluding hydrogens is 300 g/mol. The number of aromatic nitrogens is 2. The highest BCUT2D eigenvalue weighted by molar-refractivity contribution is 5.46. The number of benzene rings is 1. The lowest BCUT2D eigenvalue weighted by Gasteiger charge is -2.40. The summed E-state index contributed by atoms with van der Waals surface area (Å²) in [6, 6.07) is 11.7. The summed E-state index contributed by atoms with van der Waals surface area (Å²) in [5.74, 6) is 1.28. The third kappa shape index (κ3) is 3.07. The van der Waals surface area contributed by atoms with Gasteiger partial charge < -0.3 is 21.3 Å². The van der Waals surface area contributed by atoms with E-state index in [9.17, 15) is 0 Å². The Hall–Kier alpha value is -2.18. The van der Waals surface area contributed by atoms with E-state index in [2.05, 4.69) is 55.8 Å². The average molecular weight is 324 g/mol. The van der Waals surface area contributed by atoms with E-state index >= 15 is 0 Å². The minimum absolute atomic E-state index is 0.354. The number of anilines is 2. The van der Waals surface area contributed by atoms with Gasteiger partial charge in [-0.15, -0.1) is 0 Å². The predicted octanol–water partition coefficient (Wildman–Crippen LogP) is 0.724. The highest BCUT2D eigenvalue weighted by Gasteiger charge is 2.27. The molecule has 1 aromatic heterocycles. The first kappa shape index (κ1) is 15.4. The summed E-state index contributed by atoms with van der Waals surface area (Å²) in [6.45, 7) is 2.66. The summed E-state index contributed by atoms with van der Waals surface area (Å²) in [6.07, 6.45) is 2.17. The van der Waals surface area contributed by atoms with Crippen molar-refractivity contribution in [2.45, 2.75) is 31.5 Å². The van der Waals surface area contributed by atoms with Gasteiger partial charge in [0.25, 0.3) is 0 Å². The maximum Gasteiger partial charge on any atom is 0.222 e. The van der Waals surface area contributed by atoms with Crippen LogP contribution in [-0.4, -0.2) is 42.2 Å². The van der Waals surface area contributed by atoms with Crippen molar-refractivity contribution in [2.75, 3.05) is 30.8 Å². The van der Waals surface area contributed by atoms with Gasteiger partial charge in [0, 0.05) is 37.8 Å². The van der Waals surface area contributed by atoms with Crippen molar-refractivity contribution < 1.29 is 0 Å². The van der Waals surface area contributed by atoms with Crippen LogP contribution in [0.15, 0.2) is 30.3 Å². The van der Waals surface area contributed by atoms with E-state index in [-0.39, 0.29) is 0 Å². The molecule has 0 spiro atoms. The lowest BCUT2D eigenvalue weighted by Crippen LogP contribution is -2.57. The third-order valence-electron chi connectivity index (χ3n) is 5.02. The van der Waals surface area contributed by atoms with Crippen LogP contribution in [0.2, 0.25) is 0 Å². The molecule has 1 aliphatic heterocycles. The Morgan fingerprint density at radius 1 is 1.12 bits per heavy atom. The highest BCUT2D eigenvalue weighted by atomic mass is 15.3. The maximum absolute atomic E-state index is 5.90. The van der Waals surface area contributed by atoms with Gasteiger partial charge in [0.15, 0.2) is 0 Å². The zero-order valence-electron chi connectivity index (χ0n) is 14.0. The monoisotopic (exact) mass is 324 g/mol. The number of hydrogen-bond acceptors (Lipinski definition) is 6. The number of nitrogens with zero attached hydrogens (tertiary/aromatic N) is 3. The fourth-order valence-electron chi connectivity index (χ4n) is 3.56. The summed E-state index contributed by atoms with van der Waals surface area (Å²) >= 11 is 0. The molecule has 1 aliphatic carbocycles. The molecule has 1 saturated heterocycles. The van der Waals surface area contributed by atoms with E-state index < -0.39 is 0 Å². The number of nitrogens with two attached hydrogens (primary N) is 1. The Kier molecular flexibility index (Phi) is 4.08. The topological polar surface area (TPSA) is 79.1 Å². The van der Waals surface area contributed by atoms with Crippen LogP contribution in [0.3, 0.4) is 0 Å². The SMILES string of the molecule is CNC1CN(c2cc(CNC3Cc4ccccc4C3)nc(N)n2)C1. The highest BCUT2D eigenvalue weighted by Crippen LogP contribution is 2.23. The summed E-state index contributed by atoms with van der Waals surface area (Å²) < 4.78 is 0. The van der Waals surface area contributed by atoms with Crippen LogP contribution in [0.5, 0.6) is 0 Å². The molecule has 0 bridgehead atoms. The van der Waals surface area contributed by atoms with Crippen LogP contribution in [0.25, 0.3) is 0 Å². The number of rotatable bonds is 5. The standard InChI is InChI=1S/C18H24N6/c1-20-16-10-24(11-16)17-8-15(22-18(19)23-17)9-21-14-6-12-4-2-3-5-13(12)7-14/h2-5,8,14,16,20-21H,6-7,9-11H2,1H3,(H2,19,22,23). The molecule has 2 heterocycles. The van der Waals surface area contributed by atoms with Crippen LogP contribution >= 0.6 is 0 Å².